The fourth-order valence-corrected chi connectivity index (χ4v) is 3.32. The van der Waals surface area contributed by atoms with E-state index in [1.54, 1.807) is 36.9 Å². The summed E-state index contributed by atoms with van der Waals surface area (Å²) in [5.41, 5.74) is 0.955. The van der Waals surface area contributed by atoms with Gasteiger partial charge in [0.1, 0.15) is 17.4 Å². The average Bonchev–Trinajstić information content (AvgIpc) is 2.71. The maximum Gasteiger partial charge on any atom is 0.293 e. The van der Waals surface area contributed by atoms with Gasteiger partial charge in [0.2, 0.25) is 5.28 Å². The third-order valence-electron chi connectivity index (χ3n) is 4.52. The molecule has 1 aromatic carbocycles. The monoisotopic (exact) mass is 449 g/mol. The Morgan fingerprint density at radius 2 is 2.13 bits per heavy atom. The van der Waals surface area contributed by atoms with Crippen LogP contribution in [0, 0.1) is 0 Å². The first-order chi connectivity index (χ1) is 14.3. The molecule has 1 amide bonds. The van der Waals surface area contributed by atoms with Gasteiger partial charge in [-0.1, -0.05) is 11.6 Å². The van der Waals surface area contributed by atoms with Crippen molar-refractivity contribution in [3.8, 4) is 11.5 Å². The number of halogens is 2. The van der Waals surface area contributed by atoms with Crippen molar-refractivity contribution in [2.75, 3.05) is 32.6 Å². The second-order valence-corrected chi connectivity index (χ2v) is 7.51. The molecule has 0 spiro atoms. The molecule has 0 aliphatic carbocycles. The summed E-state index contributed by atoms with van der Waals surface area (Å²) in [4.78, 5) is 34.0. The van der Waals surface area contributed by atoms with E-state index in [4.69, 9.17) is 32.7 Å². The van der Waals surface area contributed by atoms with Gasteiger partial charge in [-0.25, -0.2) is 4.98 Å². The van der Waals surface area contributed by atoms with Crippen LogP contribution in [0.25, 0.3) is 10.9 Å². The number of nitrogens with zero attached hydrogens (tertiary/aromatic N) is 4. The van der Waals surface area contributed by atoms with Crippen molar-refractivity contribution in [1.82, 2.24) is 19.4 Å². The highest BCUT2D eigenvalue weighted by molar-refractivity contribution is 6.33. The molecule has 4 rings (SSSR count). The number of ether oxygens (including phenoxy) is 2. The van der Waals surface area contributed by atoms with Crippen LogP contribution in [-0.4, -0.2) is 52.7 Å². The van der Waals surface area contributed by atoms with Crippen molar-refractivity contribution >= 4 is 51.5 Å². The zero-order valence-corrected chi connectivity index (χ0v) is 17.6. The maximum absolute atomic E-state index is 12.8. The van der Waals surface area contributed by atoms with Crippen molar-refractivity contribution in [2.24, 2.45) is 0 Å². The zero-order valence-electron chi connectivity index (χ0n) is 16.1. The molecular formula is C19H17Cl2N5O4. The van der Waals surface area contributed by atoms with Crippen LogP contribution < -0.4 is 20.3 Å². The number of anilines is 2. The van der Waals surface area contributed by atoms with Crippen LogP contribution in [0.4, 0.5) is 11.5 Å². The quantitative estimate of drug-likeness (QED) is 0.597. The van der Waals surface area contributed by atoms with Gasteiger partial charge in [0.15, 0.2) is 18.2 Å². The summed E-state index contributed by atoms with van der Waals surface area (Å²) in [7, 11) is 3.24. The van der Waals surface area contributed by atoms with Gasteiger partial charge < -0.3 is 19.7 Å². The van der Waals surface area contributed by atoms with Crippen molar-refractivity contribution in [3.63, 3.8) is 0 Å². The van der Waals surface area contributed by atoms with Gasteiger partial charge in [-0.15, -0.1) is 0 Å². The minimum absolute atomic E-state index is 0.0513. The van der Waals surface area contributed by atoms with E-state index >= 15 is 0 Å². The van der Waals surface area contributed by atoms with Gasteiger partial charge in [0.25, 0.3) is 11.5 Å². The van der Waals surface area contributed by atoms with E-state index in [1.807, 2.05) is 0 Å². The van der Waals surface area contributed by atoms with E-state index in [2.05, 4.69) is 15.3 Å². The highest BCUT2D eigenvalue weighted by Gasteiger charge is 2.20. The van der Waals surface area contributed by atoms with E-state index in [1.165, 1.54) is 11.1 Å². The summed E-state index contributed by atoms with van der Waals surface area (Å²) >= 11 is 12.0. The Morgan fingerprint density at radius 1 is 1.33 bits per heavy atom. The molecule has 2 aromatic heterocycles. The molecule has 11 heteroatoms. The molecule has 0 radical (unpaired) electrons. The molecule has 156 valence electrons. The third kappa shape index (κ3) is 3.86. The van der Waals surface area contributed by atoms with Gasteiger partial charge in [-0.3, -0.25) is 14.2 Å². The summed E-state index contributed by atoms with van der Waals surface area (Å²) in [6, 6.07) is 5.14. The molecule has 0 unspecified atom stereocenters. The Morgan fingerprint density at radius 3 is 2.90 bits per heavy atom. The first-order valence-electron chi connectivity index (χ1n) is 8.96. The lowest BCUT2D eigenvalue weighted by Crippen LogP contribution is -2.31. The lowest BCUT2D eigenvalue weighted by atomic mass is 10.1. The predicted octanol–water partition coefficient (Wildman–Crippen LogP) is 2.70. The Labute approximate surface area is 181 Å². The first-order valence-corrected chi connectivity index (χ1v) is 9.71. The number of aromatic nitrogens is 3. The number of hydrogen-bond donors (Lipinski definition) is 1. The molecule has 1 aliphatic rings. The van der Waals surface area contributed by atoms with Crippen molar-refractivity contribution in [2.45, 2.75) is 6.54 Å². The first kappa shape index (κ1) is 20.2. The molecule has 30 heavy (non-hydrogen) atoms. The number of amides is 1. The number of carbonyl (C=O) groups excluding carboxylic acids is 1. The molecule has 0 atom stereocenters. The molecule has 3 heterocycles. The van der Waals surface area contributed by atoms with Crippen LogP contribution in [0.15, 0.2) is 29.2 Å². The summed E-state index contributed by atoms with van der Waals surface area (Å²) < 4.78 is 12.9. The molecule has 0 saturated carbocycles. The van der Waals surface area contributed by atoms with E-state index in [9.17, 15) is 9.59 Å². The molecular weight excluding hydrogens is 433 g/mol. The highest BCUT2D eigenvalue weighted by Crippen LogP contribution is 2.35. The smallest absolute Gasteiger partial charge is 0.293 e. The van der Waals surface area contributed by atoms with Gasteiger partial charge in [0, 0.05) is 31.2 Å². The van der Waals surface area contributed by atoms with E-state index < -0.39 is 0 Å². The van der Waals surface area contributed by atoms with E-state index in [-0.39, 0.29) is 29.1 Å². The summed E-state index contributed by atoms with van der Waals surface area (Å²) in [5, 5.41) is 4.13. The standard InChI is InChI=1S/C19H17Cl2N5O4/c1-25(2)15(27)9-30-14-6-10-5-11(23-17-12(20)8-22-19(21)24-17)7-13-16(10)26(18(14)28)3-4-29-13/h5-8H,3-4,9H2,1-2H3,(H,22,23,24). The number of benzene rings is 1. The topological polar surface area (TPSA) is 98.6 Å². The molecule has 3 aromatic rings. The van der Waals surface area contributed by atoms with Crippen molar-refractivity contribution in [3.05, 3.63) is 45.1 Å². The lowest BCUT2D eigenvalue weighted by Gasteiger charge is -2.22. The fourth-order valence-electron chi connectivity index (χ4n) is 3.05. The highest BCUT2D eigenvalue weighted by atomic mass is 35.5. The number of pyridine rings is 1. The second-order valence-electron chi connectivity index (χ2n) is 6.76. The number of hydrogen-bond acceptors (Lipinski definition) is 7. The summed E-state index contributed by atoms with van der Waals surface area (Å²) in [6.45, 7) is 0.469. The van der Waals surface area contributed by atoms with Crippen LogP contribution in [0.1, 0.15) is 0 Å². The van der Waals surface area contributed by atoms with Crippen molar-refractivity contribution in [1.29, 1.82) is 0 Å². The minimum atomic E-state index is -0.315. The number of rotatable bonds is 5. The van der Waals surface area contributed by atoms with Crippen LogP contribution in [0.3, 0.4) is 0 Å². The van der Waals surface area contributed by atoms with Crippen LogP contribution in [-0.2, 0) is 11.3 Å². The fraction of sp³-hybridized carbons (Fsp3) is 0.263. The molecule has 0 bridgehead atoms. The Balaban J connectivity index is 1.77. The Kier molecular flexibility index (Phi) is 5.40. The average molecular weight is 450 g/mol. The van der Waals surface area contributed by atoms with Gasteiger partial charge in [-0.05, 0) is 23.7 Å². The molecule has 1 aliphatic heterocycles. The van der Waals surface area contributed by atoms with Crippen LogP contribution in [0.5, 0.6) is 11.5 Å². The lowest BCUT2D eigenvalue weighted by molar-refractivity contribution is -0.130. The maximum atomic E-state index is 12.8. The zero-order chi connectivity index (χ0) is 21.4. The van der Waals surface area contributed by atoms with Crippen LogP contribution >= 0.6 is 23.2 Å². The summed E-state index contributed by atoms with van der Waals surface area (Å²) in [5.74, 6) is 0.708. The van der Waals surface area contributed by atoms with E-state index in [0.717, 1.165) is 0 Å². The normalized spacial score (nSPS) is 12.4. The number of nitrogens with one attached hydrogen (secondary N) is 1. The largest absolute Gasteiger partial charge is 0.489 e. The number of carbonyl (C=O) groups is 1. The molecule has 9 nitrogen and oxygen atoms in total. The molecule has 0 saturated heterocycles. The van der Waals surface area contributed by atoms with Crippen molar-refractivity contribution < 1.29 is 14.3 Å². The van der Waals surface area contributed by atoms with E-state index in [0.29, 0.717) is 46.3 Å². The van der Waals surface area contributed by atoms with Gasteiger partial charge in [0.05, 0.1) is 18.3 Å². The summed E-state index contributed by atoms with van der Waals surface area (Å²) in [6.07, 6.45) is 1.40. The minimum Gasteiger partial charge on any atom is -0.489 e. The third-order valence-corrected chi connectivity index (χ3v) is 4.98. The van der Waals surface area contributed by atoms with Crippen LogP contribution in [0.2, 0.25) is 10.3 Å². The van der Waals surface area contributed by atoms with Gasteiger partial charge >= 0.3 is 0 Å². The molecule has 0 fully saturated rings. The Bertz CT molecular complexity index is 1210. The SMILES string of the molecule is CN(C)C(=O)COc1cc2cc(Nc3nc(Cl)ncc3Cl)cc3c2n(c1=O)CCO3. The Hall–Kier alpha value is -3.04. The second kappa shape index (κ2) is 8.00. The molecule has 1 N–H and O–H groups in total. The van der Waals surface area contributed by atoms with Gasteiger partial charge in [-0.2, -0.15) is 4.98 Å². The number of likely N-dealkylation sites (N-methyl/N-ethyl adjacent to an activating group) is 1. The predicted molar refractivity (Wildman–Crippen MR) is 113 cm³/mol.